The number of benzene rings is 2. The van der Waals surface area contributed by atoms with E-state index in [4.69, 9.17) is 21.1 Å². The number of nitrogens with one attached hydrogen (secondary N) is 2. The fourth-order valence-electron chi connectivity index (χ4n) is 4.02. The van der Waals surface area contributed by atoms with Crippen molar-refractivity contribution in [3.63, 3.8) is 0 Å². The first kappa shape index (κ1) is 24.9. The van der Waals surface area contributed by atoms with Crippen molar-refractivity contribution in [1.82, 2.24) is 9.97 Å². The number of hydrogen-bond donors (Lipinski definition) is 2. The first-order valence-corrected chi connectivity index (χ1v) is 11.7. The third kappa shape index (κ3) is 5.48. The topological polar surface area (TPSA) is 88.6 Å². The average Bonchev–Trinajstić information content (AvgIpc) is 3.31. The predicted octanol–water partition coefficient (Wildman–Crippen LogP) is 5.55. The summed E-state index contributed by atoms with van der Waals surface area (Å²) in [4.78, 5) is 22.6. The van der Waals surface area contributed by atoms with Crippen LogP contribution in [0, 0.1) is 0 Å². The number of nitrogens with zero attached hydrogens (tertiary/aromatic N) is 3. The van der Waals surface area contributed by atoms with Crippen molar-refractivity contribution in [1.29, 1.82) is 0 Å². The summed E-state index contributed by atoms with van der Waals surface area (Å²) in [6.45, 7) is 1.19. The highest BCUT2D eigenvalue weighted by molar-refractivity contribution is 6.32. The average molecular weight is 538 g/mol. The van der Waals surface area contributed by atoms with E-state index in [0.717, 1.165) is 12.1 Å². The van der Waals surface area contributed by atoms with Crippen molar-refractivity contribution < 1.29 is 31.8 Å². The molecule has 0 aliphatic carbocycles. The van der Waals surface area contributed by atoms with Crippen LogP contribution in [0.5, 0.6) is 17.4 Å². The Bertz CT molecular complexity index is 1340. The number of halogens is 5. The van der Waals surface area contributed by atoms with Crippen LogP contribution in [0.1, 0.15) is 22.3 Å². The minimum absolute atomic E-state index is 0.0153. The molecule has 1 amide bonds. The maximum absolute atomic E-state index is 13.7. The van der Waals surface area contributed by atoms with Crippen LogP contribution in [0.3, 0.4) is 0 Å². The lowest BCUT2D eigenvalue weighted by atomic mass is 10.1. The van der Waals surface area contributed by atoms with E-state index in [-0.39, 0.29) is 58.9 Å². The number of carbonyl (C=O) groups is 1. The summed E-state index contributed by atoms with van der Waals surface area (Å²) >= 11 is 6.25. The van der Waals surface area contributed by atoms with E-state index in [2.05, 4.69) is 20.6 Å². The molecule has 0 unspecified atom stereocenters. The molecule has 3 aromatic rings. The Morgan fingerprint density at radius 2 is 2.05 bits per heavy atom. The van der Waals surface area contributed by atoms with Crippen LogP contribution in [-0.4, -0.2) is 48.3 Å². The van der Waals surface area contributed by atoms with Gasteiger partial charge in [0.15, 0.2) is 5.82 Å². The fraction of sp³-hybridized carbons (Fsp3) is 0.292. The Kier molecular flexibility index (Phi) is 6.67. The van der Waals surface area contributed by atoms with Gasteiger partial charge in [-0.25, -0.2) is 9.37 Å². The molecule has 1 aromatic heterocycles. The summed E-state index contributed by atoms with van der Waals surface area (Å²) in [5.74, 6) is 0.197. The van der Waals surface area contributed by atoms with Gasteiger partial charge in [-0.3, -0.25) is 4.79 Å². The molecule has 37 heavy (non-hydrogen) atoms. The largest absolute Gasteiger partial charge is 0.483 e. The van der Waals surface area contributed by atoms with Crippen LogP contribution in [0.4, 0.5) is 34.8 Å². The highest BCUT2D eigenvalue weighted by atomic mass is 35.5. The van der Waals surface area contributed by atoms with Gasteiger partial charge in [0, 0.05) is 30.0 Å². The molecule has 0 bridgehead atoms. The molecule has 2 aliphatic rings. The van der Waals surface area contributed by atoms with Gasteiger partial charge in [-0.1, -0.05) is 11.6 Å². The van der Waals surface area contributed by atoms with Crippen molar-refractivity contribution >= 4 is 34.7 Å². The lowest BCUT2D eigenvalue weighted by molar-refractivity contribution is -0.137. The summed E-state index contributed by atoms with van der Waals surface area (Å²) in [5, 5.41) is 5.70. The van der Waals surface area contributed by atoms with Gasteiger partial charge in [-0.2, -0.15) is 18.2 Å². The molecule has 3 heterocycles. The van der Waals surface area contributed by atoms with E-state index in [0.29, 0.717) is 19.0 Å². The number of carbonyl (C=O) groups excluding carboxylic acids is 1. The van der Waals surface area contributed by atoms with Crippen molar-refractivity contribution in [2.45, 2.75) is 18.8 Å². The number of amides is 1. The molecule has 13 heteroatoms. The van der Waals surface area contributed by atoms with Crippen LogP contribution in [-0.2, 0) is 6.18 Å². The van der Waals surface area contributed by atoms with E-state index in [1.807, 2.05) is 0 Å². The van der Waals surface area contributed by atoms with Crippen molar-refractivity contribution in [2.24, 2.45) is 0 Å². The van der Waals surface area contributed by atoms with Crippen molar-refractivity contribution in [2.75, 3.05) is 41.8 Å². The predicted molar refractivity (Wildman–Crippen MR) is 129 cm³/mol. The first-order chi connectivity index (χ1) is 17.7. The molecule has 5 rings (SSSR count). The molecule has 1 saturated heterocycles. The second-order valence-electron chi connectivity index (χ2n) is 8.43. The van der Waals surface area contributed by atoms with Crippen LogP contribution < -0.4 is 25.0 Å². The van der Waals surface area contributed by atoms with Crippen LogP contribution in [0.15, 0.2) is 42.7 Å². The molecule has 1 atom stereocenters. The summed E-state index contributed by atoms with van der Waals surface area (Å²) in [7, 11) is 0. The van der Waals surface area contributed by atoms with Gasteiger partial charge in [0.05, 0.1) is 17.1 Å². The minimum Gasteiger partial charge on any atom is -0.483 e. The number of anilines is 3. The number of hydrogen-bond acceptors (Lipinski definition) is 7. The summed E-state index contributed by atoms with van der Waals surface area (Å²) in [6.07, 6.45) is -4.28. The second kappa shape index (κ2) is 9.92. The van der Waals surface area contributed by atoms with Gasteiger partial charge in [0.25, 0.3) is 11.8 Å². The lowest BCUT2D eigenvalue weighted by Crippen LogP contribution is -2.21. The fourth-order valence-corrected chi connectivity index (χ4v) is 4.18. The van der Waals surface area contributed by atoms with E-state index in [1.54, 1.807) is 0 Å². The number of ether oxygens (including phenoxy) is 2. The van der Waals surface area contributed by atoms with Gasteiger partial charge >= 0.3 is 6.18 Å². The molecule has 2 aliphatic heterocycles. The normalized spacial score (nSPS) is 17.0. The molecule has 194 valence electrons. The zero-order valence-corrected chi connectivity index (χ0v) is 19.9. The number of aromatic nitrogens is 2. The van der Waals surface area contributed by atoms with E-state index in [9.17, 15) is 22.4 Å². The van der Waals surface area contributed by atoms with Crippen molar-refractivity contribution in [3.8, 4) is 17.4 Å². The maximum Gasteiger partial charge on any atom is 0.416 e. The third-order valence-electron chi connectivity index (χ3n) is 5.81. The van der Waals surface area contributed by atoms with Crippen molar-refractivity contribution in [3.05, 3.63) is 58.9 Å². The SMILES string of the molecule is O=C(Nc1cc(N2CC[C@H](F)C2)cc(C(F)(F)F)c1)c1ccc(Cl)c(Oc2ncnc3c2OCCN3)c1. The molecular formula is C24H20ClF4N5O3. The highest BCUT2D eigenvalue weighted by Gasteiger charge is 2.33. The highest BCUT2D eigenvalue weighted by Crippen LogP contribution is 2.39. The maximum atomic E-state index is 13.7. The first-order valence-electron chi connectivity index (χ1n) is 11.3. The molecule has 0 radical (unpaired) electrons. The van der Waals surface area contributed by atoms with Crippen LogP contribution in [0.2, 0.25) is 5.02 Å². The molecule has 2 N–H and O–H groups in total. The quantitative estimate of drug-likeness (QED) is 0.413. The van der Waals surface area contributed by atoms with Crippen LogP contribution >= 0.6 is 11.6 Å². The summed E-state index contributed by atoms with van der Waals surface area (Å²) in [6, 6.07) is 7.32. The zero-order valence-electron chi connectivity index (χ0n) is 19.1. The summed E-state index contributed by atoms with van der Waals surface area (Å²) in [5.41, 5.74) is -0.790. The number of fused-ring (bicyclic) bond motifs is 1. The summed E-state index contributed by atoms with van der Waals surface area (Å²) < 4.78 is 65.6. The van der Waals surface area contributed by atoms with Gasteiger partial charge in [-0.15, -0.1) is 0 Å². The smallest absolute Gasteiger partial charge is 0.416 e. The molecule has 2 aromatic carbocycles. The Morgan fingerprint density at radius 1 is 1.22 bits per heavy atom. The molecule has 0 saturated carbocycles. The molecule has 1 fully saturated rings. The zero-order chi connectivity index (χ0) is 26.2. The Labute approximate surface area is 213 Å². The number of alkyl halides is 4. The number of rotatable bonds is 5. The van der Waals surface area contributed by atoms with Gasteiger partial charge in [-0.05, 0) is 42.8 Å². The Balaban J connectivity index is 1.40. The van der Waals surface area contributed by atoms with E-state index < -0.39 is 23.8 Å². The monoisotopic (exact) mass is 537 g/mol. The molecular weight excluding hydrogens is 518 g/mol. The molecule has 8 nitrogen and oxygen atoms in total. The van der Waals surface area contributed by atoms with E-state index in [1.165, 1.54) is 35.5 Å². The third-order valence-corrected chi connectivity index (χ3v) is 6.12. The van der Waals surface area contributed by atoms with Gasteiger partial charge in [0.1, 0.15) is 24.9 Å². The standard InChI is InChI=1S/C24H20ClF4N5O3/c25-18-2-1-13(7-19(18)37-23-20-21(31-12-32-23)30-4-6-36-20)22(35)33-16-8-14(24(27,28)29)9-17(10-16)34-5-3-15(26)11-34/h1-2,7-10,12,15H,3-6,11H2,(H,33,35)(H,30,31,32)/t15-/m0/s1. The Morgan fingerprint density at radius 3 is 2.81 bits per heavy atom. The van der Waals surface area contributed by atoms with E-state index >= 15 is 0 Å². The lowest BCUT2D eigenvalue weighted by Gasteiger charge is -2.21. The van der Waals surface area contributed by atoms with Gasteiger partial charge < -0.3 is 25.0 Å². The minimum atomic E-state index is -4.65. The second-order valence-corrected chi connectivity index (χ2v) is 8.84. The Hall–Kier alpha value is -3.80. The van der Waals surface area contributed by atoms with Gasteiger partial charge in [0.2, 0.25) is 5.75 Å². The molecule has 0 spiro atoms. The van der Waals surface area contributed by atoms with Crippen LogP contribution in [0.25, 0.3) is 0 Å².